The third kappa shape index (κ3) is 2.89. The van der Waals surface area contributed by atoms with E-state index in [-0.39, 0.29) is 5.69 Å². The van der Waals surface area contributed by atoms with E-state index in [1.54, 1.807) is 6.07 Å². The molecule has 1 aliphatic rings. The number of nitriles is 1. The Hall–Kier alpha value is -2.13. The summed E-state index contributed by atoms with van der Waals surface area (Å²) in [5.74, 6) is 0. The third-order valence-electron chi connectivity index (χ3n) is 3.75. The van der Waals surface area contributed by atoms with Crippen molar-refractivity contribution in [2.45, 2.75) is 31.7 Å². The second-order valence-corrected chi connectivity index (χ2v) is 4.99. The van der Waals surface area contributed by atoms with E-state index < -0.39 is 4.92 Å². The molecule has 1 unspecified atom stereocenters. The van der Waals surface area contributed by atoms with Gasteiger partial charge in [-0.3, -0.25) is 10.1 Å². The lowest BCUT2D eigenvalue weighted by Crippen LogP contribution is -2.41. The van der Waals surface area contributed by atoms with Gasteiger partial charge in [-0.2, -0.15) is 5.26 Å². The van der Waals surface area contributed by atoms with E-state index in [0.717, 1.165) is 37.9 Å². The van der Waals surface area contributed by atoms with E-state index in [0.29, 0.717) is 18.2 Å². The van der Waals surface area contributed by atoms with Crippen LogP contribution < -0.4 is 10.6 Å². The SMILES string of the molecule is N#Cc1cc([N+](=O)[O-])ccc1N1CCCCC1CCN. The van der Waals surface area contributed by atoms with Crippen molar-refractivity contribution in [1.82, 2.24) is 0 Å². The highest BCUT2D eigenvalue weighted by molar-refractivity contribution is 5.63. The number of hydrogen-bond acceptors (Lipinski definition) is 5. The first-order valence-electron chi connectivity index (χ1n) is 6.82. The molecule has 6 nitrogen and oxygen atoms in total. The summed E-state index contributed by atoms with van der Waals surface area (Å²) in [4.78, 5) is 12.5. The second-order valence-electron chi connectivity index (χ2n) is 4.99. The minimum atomic E-state index is -0.474. The summed E-state index contributed by atoms with van der Waals surface area (Å²) in [6.07, 6.45) is 4.17. The largest absolute Gasteiger partial charge is 0.367 e. The van der Waals surface area contributed by atoms with E-state index in [1.807, 2.05) is 0 Å². The molecule has 6 heteroatoms. The van der Waals surface area contributed by atoms with Crippen LogP contribution in [0.5, 0.6) is 0 Å². The number of benzene rings is 1. The first-order chi connectivity index (χ1) is 9.67. The molecule has 1 saturated heterocycles. The van der Waals surface area contributed by atoms with Crippen molar-refractivity contribution in [1.29, 1.82) is 5.26 Å². The minimum Gasteiger partial charge on any atom is -0.367 e. The lowest BCUT2D eigenvalue weighted by molar-refractivity contribution is -0.384. The number of nitro benzene ring substituents is 1. The number of piperidine rings is 1. The molecular weight excluding hydrogens is 256 g/mol. The summed E-state index contributed by atoms with van der Waals surface area (Å²) in [6, 6.07) is 6.89. The molecule has 1 atom stereocenters. The van der Waals surface area contributed by atoms with Crippen molar-refractivity contribution >= 4 is 11.4 Å². The summed E-state index contributed by atoms with van der Waals surface area (Å²) in [6.45, 7) is 1.48. The van der Waals surface area contributed by atoms with E-state index in [2.05, 4.69) is 11.0 Å². The summed E-state index contributed by atoms with van der Waals surface area (Å²) in [5, 5.41) is 20.0. The van der Waals surface area contributed by atoms with Gasteiger partial charge < -0.3 is 10.6 Å². The Balaban J connectivity index is 2.35. The predicted molar refractivity (Wildman–Crippen MR) is 76.5 cm³/mol. The molecule has 0 aromatic heterocycles. The maximum atomic E-state index is 10.8. The van der Waals surface area contributed by atoms with Gasteiger partial charge in [0.05, 0.1) is 16.2 Å². The Morgan fingerprint density at radius 2 is 2.30 bits per heavy atom. The molecule has 0 amide bonds. The Bertz CT molecular complexity index is 536. The standard InChI is InChI=1S/C14H18N4O2/c15-7-6-12-3-1-2-8-17(12)14-5-4-13(18(19)20)9-11(14)10-16/h4-5,9,12H,1-3,6-8,15H2. The van der Waals surface area contributed by atoms with Gasteiger partial charge in [-0.25, -0.2) is 0 Å². The van der Waals surface area contributed by atoms with Crippen LogP contribution in [0, 0.1) is 21.4 Å². The van der Waals surface area contributed by atoms with Crippen LogP contribution in [0.1, 0.15) is 31.2 Å². The number of non-ortho nitro benzene ring substituents is 1. The van der Waals surface area contributed by atoms with Gasteiger partial charge in [0.2, 0.25) is 0 Å². The lowest BCUT2D eigenvalue weighted by Gasteiger charge is -2.38. The van der Waals surface area contributed by atoms with E-state index in [1.165, 1.54) is 12.1 Å². The number of hydrogen-bond donors (Lipinski definition) is 1. The molecular formula is C14H18N4O2. The topological polar surface area (TPSA) is 96.2 Å². The fraction of sp³-hybridized carbons (Fsp3) is 0.500. The van der Waals surface area contributed by atoms with Crippen molar-refractivity contribution < 1.29 is 4.92 Å². The van der Waals surface area contributed by atoms with Crippen molar-refractivity contribution in [3.8, 4) is 6.07 Å². The van der Waals surface area contributed by atoms with E-state index in [9.17, 15) is 15.4 Å². The fourth-order valence-corrected chi connectivity index (χ4v) is 2.79. The molecule has 0 radical (unpaired) electrons. The Morgan fingerprint density at radius 3 is 2.95 bits per heavy atom. The fourth-order valence-electron chi connectivity index (χ4n) is 2.79. The van der Waals surface area contributed by atoms with Gasteiger partial charge in [0.25, 0.3) is 5.69 Å². The van der Waals surface area contributed by atoms with E-state index >= 15 is 0 Å². The molecule has 1 aliphatic heterocycles. The molecule has 20 heavy (non-hydrogen) atoms. The van der Waals surface area contributed by atoms with Crippen LogP contribution in [-0.4, -0.2) is 24.1 Å². The molecule has 0 saturated carbocycles. The normalized spacial score (nSPS) is 18.6. The molecule has 106 valence electrons. The number of nitrogens with two attached hydrogens (primary N) is 1. The maximum absolute atomic E-state index is 10.8. The van der Waals surface area contributed by atoms with Gasteiger partial charge in [-0.05, 0) is 38.3 Å². The third-order valence-corrected chi connectivity index (χ3v) is 3.75. The van der Waals surface area contributed by atoms with Crippen LogP contribution in [0.3, 0.4) is 0 Å². The van der Waals surface area contributed by atoms with Gasteiger partial charge >= 0.3 is 0 Å². The number of rotatable bonds is 4. The zero-order chi connectivity index (χ0) is 14.5. The summed E-state index contributed by atoms with van der Waals surface area (Å²) in [7, 11) is 0. The van der Waals surface area contributed by atoms with Crippen LogP contribution in [0.25, 0.3) is 0 Å². The Labute approximate surface area is 117 Å². The monoisotopic (exact) mass is 274 g/mol. The van der Waals surface area contributed by atoms with Crippen molar-refractivity contribution in [2.24, 2.45) is 5.73 Å². The van der Waals surface area contributed by atoms with Crippen LogP contribution >= 0.6 is 0 Å². The smallest absolute Gasteiger partial charge is 0.270 e. The number of anilines is 1. The van der Waals surface area contributed by atoms with Gasteiger partial charge in [-0.1, -0.05) is 0 Å². The number of nitro groups is 1. The van der Waals surface area contributed by atoms with Crippen LogP contribution in [0.15, 0.2) is 18.2 Å². The summed E-state index contributed by atoms with van der Waals surface area (Å²) >= 11 is 0. The molecule has 1 aromatic rings. The molecule has 0 spiro atoms. The molecule has 2 rings (SSSR count). The number of nitrogens with zero attached hydrogens (tertiary/aromatic N) is 3. The van der Waals surface area contributed by atoms with Gasteiger partial charge in [0, 0.05) is 24.7 Å². The summed E-state index contributed by atoms with van der Waals surface area (Å²) in [5.41, 5.74) is 6.76. The summed E-state index contributed by atoms with van der Waals surface area (Å²) < 4.78 is 0. The quantitative estimate of drug-likeness (QED) is 0.670. The van der Waals surface area contributed by atoms with Gasteiger partial charge in [-0.15, -0.1) is 0 Å². The highest BCUT2D eigenvalue weighted by Gasteiger charge is 2.24. The predicted octanol–water partition coefficient (Wildman–Crippen LogP) is 2.17. The maximum Gasteiger partial charge on any atom is 0.270 e. The molecule has 1 aromatic carbocycles. The molecule has 0 aliphatic carbocycles. The average Bonchev–Trinajstić information content (AvgIpc) is 2.47. The lowest BCUT2D eigenvalue weighted by atomic mass is 9.97. The first kappa shape index (κ1) is 14.3. The van der Waals surface area contributed by atoms with Crippen LogP contribution in [0.4, 0.5) is 11.4 Å². The Morgan fingerprint density at radius 1 is 1.50 bits per heavy atom. The average molecular weight is 274 g/mol. The van der Waals surface area contributed by atoms with Gasteiger partial charge in [0.1, 0.15) is 6.07 Å². The minimum absolute atomic E-state index is 0.0438. The van der Waals surface area contributed by atoms with Crippen molar-refractivity contribution in [3.05, 3.63) is 33.9 Å². The zero-order valence-electron chi connectivity index (χ0n) is 11.3. The molecule has 1 fully saturated rings. The molecule has 0 bridgehead atoms. The van der Waals surface area contributed by atoms with Gasteiger partial charge in [0.15, 0.2) is 0 Å². The van der Waals surface area contributed by atoms with Crippen LogP contribution in [0.2, 0.25) is 0 Å². The van der Waals surface area contributed by atoms with Crippen LogP contribution in [-0.2, 0) is 0 Å². The highest BCUT2D eigenvalue weighted by atomic mass is 16.6. The van der Waals surface area contributed by atoms with Crippen molar-refractivity contribution in [2.75, 3.05) is 18.0 Å². The Kier molecular flexibility index (Phi) is 4.53. The van der Waals surface area contributed by atoms with E-state index in [4.69, 9.17) is 5.73 Å². The molecule has 1 heterocycles. The molecule has 2 N–H and O–H groups in total. The first-order valence-corrected chi connectivity index (χ1v) is 6.82. The zero-order valence-corrected chi connectivity index (χ0v) is 11.3. The van der Waals surface area contributed by atoms with Crippen molar-refractivity contribution in [3.63, 3.8) is 0 Å². The second kappa shape index (κ2) is 6.35. The highest BCUT2D eigenvalue weighted by Crippen LogP contribution is 2.31.